The molecule has 3 aromatic heterocycles. The number of nitrogens with one attached hydrogen (secondary N) is 1. The molecule has 6 heteroatoms. The Labute approximate surface area is 144 Å². The number of hydrogen-bond donors (Lipinski definition) is 1. The fourth-order valence-corrected chi connectivity index (χ4v) is 3.26. The molecule has 3 heterocycles. The van der Waals surface area contributed by atoms with Crippen molar-refractivity contribution in [2.45, 2.75) is 25.4 Å². The Balaban J connectivity index is 1.49. The number of aromatic nitrogens is 4. The van der Waals surface area contributed by atoms with E-state index in [9.17, 15) is 4.79 Å². The van der Waals surface area contributed by atoms with Gasteiger partial charge in [-0.25, -0.2) is 9.97 Å². The second-order valence-electron chi connectivity index (χ2n) is 6.48. The van der Waals surface area contributed by atoms with Crippen LogP contribution < -0.4 is 0 Å². The van der Waals surface area contributed by atoms with Gasteiger partial charge in [0.25, 0.3) is 5.91 Å². The Hall–Kier alpha value is -3.15. The zero-order valence-electron chi connectivity index (χ0n) is 13.6. The second-order valence-corrected chi connectivity index (χ2v) is 6.48. The first-order valence-corrected chi connectivity index (χ1v) is 8.45. The average molecular weight is 331 g/mol. The standard InChI is InChI=1S/C19H17N5O/c25-19(13-4-7-16-17(9-13)22-12-21-16)24(14-5-6-14)11-15-10-20-18-3-1-2-8-23(15)18/h1-4,7-10,12,14H,5-6,11H2,(H,21,22). The maximum Gasteiger partial charge on any atom is 0.254 e. The number of hydrogen-bond acceptors (Lipinski definition) is 3. The highest BCUT2D eigenvalue weighted by Crippen LogP contribution is 2.30. The summed E-state index contributed by atoms with van der Waals surface area (Å²) in [4.78, 5) is 26.8. The number of fused-ring (bicyclic) bond motifs is 2. The van der Waals surface area contributed by atoms with Gasteiger partial charge in [-0.05, 0) is 43.2 Å². The summed E-state index contributed by atoms with van der Waals surface area (Å²) in [6.45, 7) is 0.565. The van der Waals surface area contributed by atoms with Gasteiger partial charge in [-0.1, -0.05) is 6.07 Å². The second kappa shape index (κ2) is 5.44. The summed E-state index contributed by atoms with van der Waals surface area (Å²) in [6.07, 6.45) is 7.62. The number of carbonyl (C=O) groups excluding carboxylic acids is 1. The highest BCUT2D eigenvalue weighted by Gasteiger charge is 2.33. The van der Waals surface area contributed by atoms with Crippen LogP contribution in [0.1, 0.15) is 28.9 Å². The van der Waals surface area contributed by atoms with Crippen molar-refractivity contribution in [2.75, 3.05) is 0 Å². The van der Waals surface area contributed by atoms with Gasteiger partial charge in [-0.3, -0.25) is 4.79 Å². The number of imidazole rings is 2. The minimum absolute atomic E-state index is 0.0601. The third-order valence-electron chi connectivity index (χ3n) is 4.74. The molecule has 1 saturated carbocycles. The normalized spacial score (nSPS) is 14.2. The van der Waals surface area contributed by atoms with Gasteiger partial charge in [0, 0.05) is 17.8 Å². The van der Waals surface area contributed by atoms with Gasteiger partial charge in [0.15, 0.2) is 0 Å². The van der Waals surface area contributed by atoms with E-state index in [1.807, 2.05) is 58.1 Å². The Morgan fingerprint density at radius 2 is 2.16 bits per heavy atom. The van der Waals surface area contributed by atoms with Crippen molar-refractivity contribution < 1.29 is 4.79 Å². The predicted molar refractivity (Wildman–Crippen MR) is 94.2 cm³/mol. The summed E-state index contributed by atoms with van der Waals surface area (Å²) in [5, 5.41) is 0. The number of H-pyrrole nitrogens is 1. The minimum atomic E-state index is 0.0601. The van der Waals surface area contributed by atoms with Crippen LogP contribution >= 0.6 is 0 Å². The maximum absolute atomic E-state index is 13.1. The molecule has 4 aromatic rings. The number of nitrogens with zero attached hydrogens (tertiary/aromatic N) is 4. The molecule has 1 aliphatic carbocycles. The average Bonchev–Trinajstić information content (AvgIpc) is 3.24. The molecule has 6 nitrogen and oxygen atoms in total. The Kier molecular flexibility index (Phi) is 3.09. The summed E-state index contributed by atoms with van der Waals surface area (Å²) >= 11 is 0. The van der Waals surface area contributed by atoms with E-state index in [1.165, 1.54) is 0 Å². The van der Waals surface area contributed by atoms with Crippen LogP contribution in [-0.4, -0.2) is 36.2 Å². The Morgan fingerprint density at radius 3 is 3.04 bits per heavy atom. The summed E-state index contributed by atoms with van der Waals surface area (Å²) < 4.78 is 2.04. The number of carbonyl (C=O) groups is 1. The van der Waals surface area contributed by atoms with Crippen molar-refractivity contribution in [1.29, 1.82) is 0 Å². The van der Waals surface area contributed by atoms with Crippen molar-refractivity contribution in [3.8, 4) is 0 Å². The van der Waals surface area contributed by atoms with Crippen molar-refractivity contribution in [1.82, 2.24) is 24.3 Å². The van der Waals surface area contributed by atoms with E-state index in [0.29, 0.717) is 18.2 Å². The summed E-state index contributed by atoms with van der Waals surface area (Å²) in [5.74, 6) is 0.0601. The molecule has 5 rings (SSSR count). The van der Waals surface area contributed by atoms with Gasteiger partial charge < -0.3 is 14.3 Å². The Morgan fingerprint density at radius 1 is 1.24 bits per heavy atom. The highest BCUT2D eigenvalue weighted by atomic mass is 16.2. The summed E-state index contributed by atoms with van der Waals surface area (Å²) in [7, 11) is 0. The molecular formula is C19H17N5O. The van der Waals surface area contributed by atoms with Crippen molar-refractivity contribution in [2.24, 2.45) is 0 Å². The van der Waals surface area contributed by atoms with E-state index in [2.05, 4.69) is 15.0 Å². The number of pyridine rings is 1. The van der Waals surface area contributed by atoms with Gasteiger partial charge in [-0.15, -0.1) is 0 Å². The largest absolute Gasteiger partial charge is 0.345 e. The number of rotatable bonds is 4. The van der Waals surface area contributed by atoms with E-state index < -0.39 is 0 Å². The van der Waals surface area contributed by atoms with Crippen molar-refractivity contribution in [3.63, 3.8) is 0 Å². The maximum atomic E-state index is 13.1. The van der Waals surface area contributed by atoms with E-state index in [1.54, 1.807) is 6.33 Å². The van der Waals surface area contributed by atoms with Crippen LogP contribution in [0, 0.1) is 0 Å². The van der Waals surface area contributed by atoms with E-state index in [-0.39, 0.29) is 5.91 Å². The lowest BCUT2D eigenvalue weighted by atomic mass is 10.1. The first kappa shape index (κ1) is 14.2. The first-order chi connectivity index (χ1) is 12.3. The number of benzene rings is 1. The van der Waals surface area contributed by atoms with E-state index in [4.69, 9.17) is 0 Å². The molecule has 0 saturated heterocycles. The van der Waals surface area contributed by atoms with Crippen LogP contribution in [0.5, 0.6) is 0 Å². The molecule has 1 N–H and O–H groups in total. The lowest BCUT2D eigenvalue weighted by molar-refractivity contribution is 0.0727. The van der Waals surface area contributed by atoms with Crippen molar-refractivity contribution in [3.05, 3.63) is 66.4 Å². The van der Waals surface area contributed by atoms with Gasteiger partial charge in [0.2, 0.25) is 0 Å². The van der Waals surface area contributed by atoms with E-state index in [0.717, 1.165) is 35.2 Å². The molecule has 0 unspecified atom stereocenters. The molecule has 25 heavy (non-hydrogen) atoms. The zero-order chi connectivity index (χ0) is 16.8. The monoisotopic (exact) mass is 331 g/mol. The fourth-order valence-electron chi connectivity index (χ4n) is 3.26. The zero-order valence-corrected chi connectivity index (χ0v) is 13.6. The van der Waals surface area contributed by atoms with Crippen LogP contribution in [0.15, 0.2) is 55.1 Å². The summed E-state index contributed by atoms with van der Waals surface area (Å²) in [5.41, 5.74) is 4.38. The summed E-state index contributed by atoms with van der Waals surface area (Å²) in [6, 6.07) is 11.9. The quantitative estimate of drug-likeness (QED) is 0.625. The first-order valence-electron chi connectivity index (χ1n) is 8.45. The smallest absolute Gasteiger partial charge is 0.254 e. The van der Waals surface area contributed by atoms with Gasteiger partial charge in [0.1, 0.15) is 5.65 Å². The third-order valence-corrected chi connectivity index (χ3v) is 4.74. The van der Waals surface area contributed by atoms with Gasteiger partial charge in [0.05, 0.1) is 35.8 Å². The molecule has 1 aromatic carbocycles. The molecule has 0 aliphatic heterocycles. The number of amides is 1. The molecule has 1 aliphatic rings. The molecule has 124 valence electrons. The topological polar surface area (TPSA) is 66.3 Å². The molecule has 0 radical (unpaired) electrons. The van der Waals surface area contributed by atoms with Crippen molar-refractivity contribution >= 4 is 22.6 Å². The molecule has 1 amide bonds. The van der Waals surface area contributed by atoms with Gasteiger partial charge >= 0.3 is 0 Å². The lowest BCUT2D eigenvalue weighted by Gasteiger charge is -2.22. The predicted octanol–water partition coefficient (Wildman–Crippen LogP) is 3.02. The fraction of sp³-hybridized carbons (Fsp3) is 0.211. The lowest BCUT2D eigenvalue weighted by Crippen LogP contribution is -2.33. The van der Waals surface area contributed by atoms with Crippen LogP contribution in [-0.2, 0) is 6.54 Å². The van der Waals surface area contributed by atoms with Crippen LogP contribution in [0.25, 0.3) is 16.7 Å². The van der Waals surface area contributed by atoms with Gasteiger partial charge in [-0.2, -0.15) is 0 Å². The molecular weight excluding hydrogens is 314 g/mol. The molecule has 0 bridgehead atoms. The Bertz CT molecular complexity index is 1080. The van der Waals surface area contributed by atoms with E-state index >= 15 is 0 Å². The highest BCUT2D eigenvalue weighted by molar-refractivity contribution is 5.97. The third kappa shape index (κ3) is 2.46. The molecule has 0 atom stereocenters. The van der Waals surface area contributed by atoms with Crippen LogP contribution in [0.3, 0.4) is 0 Å². The number of aromatic amines is 1. The van der Waals surface area contributed by atoms with Crippen LogP contribution in [0.4, 0.5) is 0 Å². The minimum Gasteiger partial charge on any atom is -0.345 e. The van der Waals surface area contributed by atoms with Crippen LogP contribution in [0.2, 0.25) is 0 Å². The SMILES string of the molecule is O=C(c1ccc2nc[nH]c2c1)N(Cc1cnc2ccccn12)C1CC1. The molecule has 0 spiro atoms. The molecule has 1 fully saturated rings.